The first-order valence-electron chi connectivity index (χ1n) is 6.56. The zero-order valence-corrected chi connectivity index (χ0v) is 10.9. The van der Waals surface area contributed by atoms with E-state index in [0.717, 1.165) is 19.3 Å². The van der Waals surface area contributed by atoms with Crippen LogP contribution in [0.15, 0.2) is 48.5 Å². The van der Waals surface area contributed by atoms with Gasteiger partial charge in [0.25, 0.3) is 0 Å². The molecule has 0 heterocycles. The predicted octanol–water partition coefficient (Wildman–Crippen LogP) is 3.98. The molecule has 1 heteroatoms. The van der Waals surface area contributed by atoms with Crippen LogP contribution in [0.3, 0.4) is 0 Å². The van der Waals surface area contributed by atoms with E-state index in [2.05, 4.69) is 55.5 Å². The Bertz CT molecular complexity index is 468. The van der Waals surface area contributed by atoms with Crippen molar-refractivity contribution in [3.63, 3.8) is 0 Å². The van der Waals surface area contributed by atoms with Crippen LogP contribution in [0.4, 0.5) is 0 Å². The van der Waals surface area contributed by atoms with E-state index in [0.29, 0.717) is 6.61 Å². The Kier molecular flexibility index (Phi) is 4.54. The number of benzene rings is 2. The van der Waals surface area contributed by atoms with Crippen LogP contribution in [0.1, 0.15) is 24.0 Å². The third-order valence-corrected chi connectivity index (χ3v) is 3.21. The maximum atomic E-state index is 8.76. The fourth-order valence-electron chi connectivity index (χ4n) is 2.05. The van der Waals surface area contributed by atoms with Crippen LogP contribution in [0, 0.1) is 6.92 Å². The quantitative estimate of drug-likeness (QED) is 0.784. The van der Waals surface area contributed by atoms with Crippen LogP contribution in [0.5, 0.6) is 0 Å². The Labute approximate surface area is 109 Å². The summed E-state index contributed by atoms with van der Waals surface area (Å²) in [6.07, 6.45) is 2.99. The molecule has 0 aliphatic carbocycles. The van der Waals surface area contributed by atoms with Gasteiger partial charge in [-0.2, -0.15) is 0 Å². The average Bonchev–Trinajstić information content (AvgIpc) is 2.41. The van der Waals surface area contributed by atoms with E-state index in [1.165, 1.54) is 22.3 Å². The summed E-state index contributed by atoms with van der Waals surface area (Å²) < 4.78 is 0. The van der Waals surface area contributed by atoms with Crippen LogP contribution in [-0.2, 0) is 6.42 Å². The zero-order valence-electron chi connectivity index (χ0n) is 10.9. The van der Waals surface area contributed by atoms with Gasteiger partial charge in [0.15, 0.2) is 0 Å². The molecule has 1 N–H and O–H groups in total. The summed E-state index contributed by atoms with van der Waals surface area (Å²) in [4.78, 5) is 0. The molecule has 0 bridgehead atoms. The average molecular weight is 240 g/mol. The number of hydrogen-bond donors (Lipinski definition) is 1. The first-order valence-corrected chi connectivity index (χ1v) is 6.56. The number of unbranched alkanes of at least 4 members (excludes halogenated alkanes) is 1. The van der Waals surface area contributed by atoms with Gasteiger partial charge in [-0.15, -0.1) is 0 Å². The van der Waals surface area contributed by atoms with E-state index >= 15 is 0 Å². The normalized spacial score (nSPS) is 10.6. The van der Waals surface area contributed by atoms with Crippen LogP contribution in [0.2, 0.25) is 0 Å². The maximum absolute atomic E-state index is 8.76. The highest BCUT2D eigenvalue weighted by Gasteiger charge is 1.98. The molecule has 0 aliphatic heterocycles. The fraction of sp³-hybridized carbons (Fsp3) is 0.294. The van der Waals surface area contributed by atoms with Gasteiger partial charge in [0.05, 0.1) is 0 Å². The van der Waals surface area contributed by atoms with Crippen LogP contribution < -0.4 is 0 Å². The van der Waals surface area contributed by atoms with Crippen molar-refractivity contribution in [1.29, 1.82) is 0 Å². The van der Waals surface area contributed by atoms with Gasteiger partial charge in [-0.3, -0.25) is 0 Å². The Hall–Kier alpha value is -1.60. The van der Waals surface area contributed by atoms with Gasteiger partial charge >= 0.3 is 0 Å². The van der Waals surface area contributed by atoms with Crippen LogP contribution in [0.25, 0.3) is 11.1 Å². The van der Waals surface area contributed by atoms with Gasteiger partial charge in [-0.1, -0.05) is 54.1 Å². The second kappa shape index (κ2) is 6.36. The molecule has 0 saturated heterocycles. The number of aryl methyl sites for hydroxylation is 2. The largest absolute Gasteiger partial charge is 0.396 e. The molecule has 0 fully saturated rings. The minimum absolute atomic E-state index is 0.293. The van der Waals surface area contributed by atoms with Crippen molar-refractivity contribution in [3.8, 4) is 11.1 Å². The summed E-state index contributed by atoms with van der Waals surface area (Å²) >= 11 is 0. The van der Waals surface area contributed by atoms with Crippen LogP contribution >= 0.6 is 0 Å². The highest BCUT2D eigenvalue weighted by atomic mass is 16.2. The van der Waals surface area contributed by atoms with Crippen LogP contribution in [-0.4, -0.2) is 11.7 Å². The van der Waals surface area contributed by atoms with Gasteiger partial charge in [0.1, 0.15) is 0 Å². The molecule has 0 saturated carbocycles. The van der Waals surface area contributed by atoms with Gasteiger partial charge < -0.3 is 5.11 Å². The second-order valence-corrected chi connectivity index (χ2v) is 4.74. The first kappa shape index (κ1) is 12.8. The van der Waals surface area contributed by atoms with E-state index in [4.69, 9.17) is 5.11 Å². The molecular formula is C17H20O. The Morgan fingerprint density at radius 2 is 1.33 bits per heavy atom. The smallest absolute Gasteiger partial charge is 0.0431 e. The second-order valence-electron chi connectivity index (χ2n) is 4.74. The number of aliphatic hydroxyl groups is 1. The summed E-state index contributed by atoms with van der Waals surface area (Å²) in [5, 5.41) is 8.76. The summed E-state index contributed by atoms with van der Waals surface area (Å²) in [5.74, 6) is 0. The SMILES string of the molecule is Cc1ccc(-c2ccc(CCCCO)cc2)cc1. The molecular weight excluding hydrogens is 220 g/mol. The molecule has 2 aromatic rings. The highest BCUT2D eigenvalue weighted by Crippen LogP contribution is 2.20. The lowest BCUT2D eigenvalue weighted by Crippen LogP contribution is -1.88. The third-order valence-electron chi connectivity index (χ3n) is 3.21. The van der Waals surface area contributed by atoms with E-state index in [-0.39, 0.29) is 0 Å². The molecule has 1 nitrogen and oxygen atoms in total. The van der Waals surface area contributed by atoms with Crippen molar-refractivity contribution in [2.45, 2.75) is 26.2 Å². The molecule has 94 valence electrons. The molecule has 0 aliphatic rings. The lowest BCUT2D eigenvalue weighted by molar-refractivity contribution is 0.284. The molecule has 0 atom stereocenters. The maximum Gasteiger partial charge on any atom is 0.0431 e. The van der Waals surface area contributed by atoms with Crippen molar-refractivity contribution in [2.24, 2.45) is 0 Å². The Balaban J connectivity index is 2.05. The summed E-state index contributed by atoms with van der Waals surface area (Å²) in [7, 11) is 0. The van der Waals surface area contributed by atoms with Gasteiger partial charge in [-0.25, -0.2) is 0 Å². The van der Waals surface area contributed by atoms with E-state index in [9.17, 15) is 0 Å². The molecule has 0 radical (unpaired) electrons. The third kappa shape index (κ3) is 3.44. The lowest BCUT2D eigenvalue weighted by atomic mass is 10.0. The predicted molar refractivity (Wildman–Crippen MR) is 76.6 cm³/mol. The summed E-state index contributed by atoms with van der Waals surface area (Å²) in [5.41, 5.74) is 5.17. The summed E-state index contributed by atoms with van der Waals surface area (Å²) in [6.45, 7) is 2.40. The minimum atomic E-state index is 0.293. The van der Waals surface area contributed by atoms with Gasteiger partial charge in [0.2, 0.25) is 0 Å². The number of rotatable bonds is 5. The molecule has 18 heavy (non-hydrogen) atoms. The van der Waals surface area contributed by atoms with E-state index < -0.39 is 0 Å². The summed E-state index contributed by atoms with van der Waals surface area (Å²) in [6, 6.07) is 17.3. The minimum Gasteiger partial charge on any atom is -0.396 e. The van der Waals surface area contributed by atoms with E-state index in [1.807, 2.05) is 0 Å². The Morgan fingerprint density at radius 3 is 1.89 bits per heavy atom. The monoisotopic (exact) mass is 240 g/mol. The topological polar surface area (TPSA) is 20.2 Å². The molecule has 2 aromatic carbocycles. The number of hydrogen-bond acceptors (Lipinski definition) is 1. The molecule has 0 aromatic heterocycles. The molecule has 0 unspecified atom stereocenters. The first-order chi connectivity index (χ1) is 8.79. The highest BCUT2D eigenvalue weighted by molar-refractivity contribution is 5.63. The fourth-order valence-corrected chi connectivity index (χ4v) is 2.05. The number of aliphatic hydroxyl groups excluding tert-OH is 1. The van der Waals surface area contributed by atoms with Gasteiger partial charge in [0, 0.05) is 6.61 Å². The molecule has 0 amide bonds. The van der Waals surface area contributed by atoms with Crippen molar-refractivity contribution in [3.05, 3.63) is 59.7 Å². The van der Waals surface area contributed by atoms with Gasteiger partial charge in [-0.05, 0) is 42.9 Å². The van der Waals surface area contributed by atoms with Crippen molar-refractivity contribution in [1.82, 2.24) is 0 Å². The standard InChI is InChI=1S/C17H20O/c1-14-5-9-16(10-6-14)17-11-7-15(8-12-17)4-2-3-13-18/h5-12,18H,2-4,13H2,1H3. The van der Waals surface area contributed by atoms with Crippen molar-refractivity contribution >= 4 is 0 Å². The van der Waals surface area contributed by atoms with Crippen molar-refractivity contribution in [2.75, 3.05) is 6.61 Å². The lowest BCUT2D eigenvalue weighted by Gasteiger charge is -2.05. The van der Waals surface area contributed by atoms with E-state index in [1.54, 1.807) is 0 Å². The van der Waals surface area contributed by atoms with Crippen molar-refractivity contribution < 1.29 is 5.11 Å². The molecule has 2 rings (SSSR count). The Morgan fingerprint density at radius 1 is 0.778 bits per heavy atom. The zero-order chi connectivity index (χ0) is 12.8. The molecule has 0 spiro atoms.